The van der Waals surface area contributed by atoms with Crippen molar-refractivity contribution < 1.29 is 18.0 Å². The third-order valence-corrected chi connectivity index (χ3v) is 4.52. The molecule has 0 bridgehead atoms. The fourth-order valence-corrected chi connectivity index (χ4v) is 3.24. The average molecular weight is 389 g/mol. The van der Waals surface area contributed by atoms with Crippen LogP contribution in [-0.2, 0) is 13.1 Å². The lowest BCUT2D eigenvalue weighted by molar-refractivity contribution is 0.0736. The number of fused-ring (bicyclic) bond motifs is 1. The Morgan fingerprint density at radius 1 is 1.04 bits per heavy atom. The van der Waals surface area contributed by atoms with E-state index in [1.165, 1.54) is 18.2 Å². The van der Waals surface area contributed by atoms with Gasteiger partial charge >= 0.3 is 0 Å². The third kappa shape index (κ3) is 4.03. The summed E-state index contributed by atoms with van der Waals surface area (Å²) < 4.78 is 42.4. The van der Waals surface area contributed by atoms with Crippen LogP contribution in [0.3, 0.4) is 0 Å². The smallest absolute Gasteiger partial charge is 0.254 e. The van der Waals surface area contributed by atoms with Crippen molar-refractivity contribution in [3.8, 4) is 0 Å². The summed E-state index contributed by atoms with van der Waals surface area (Å²) in [4.78, 5) is 19.0. The summed E-state index contributed by atoms with van der Waals surface area (Å²) in [5, 5.41) is 0. The van der Waals surface area contributed by atoms with E-state index in [9.17, 15) is 18.0 Å². The highest BCUT2D eigenvalue weighted by atomic mass is 19.2. The molecule has 0 spiro atoms. The maximum Gasteiger partial charge on any atom is 0.254 e. The standard InChI is InChI=1S/C21H22F3N3O/c1-3-9-26(21(28)14-5-7-16(23)17(24)11-14)13-20-25-18-8-6-15(22)12-19(18)27(20)10-4-2/h5-8,11-12H,3-4,9-10,13H2,1-2H3. The van der Waals surface area contributed by atoms with Gasteiger partial charge in [-0.3, -0.25) is 4.79 Å². The van der Waals surface area contributed by atoms with Crippen LogP contribution in [0.1, 0.15) is 42.9 Å². The number of amides is 1. The summed E-state index contributed by atoms with van der Waals surface area (Å²) in [6.45, 7) is 5.19. The van der Waals surface area contributed by atoms with E-state index in [4.69, 9.17) is 0 Å². The zero-order valence-electron chi connectivity index (χ0n) is 15.9. The van der Waals surface area contributed by atoms with Crippen LogP contribution in [0.5, 0.6) is 0 Å². The van der Waals surface area contributed by atoms with E-state index < -0.39 is 17.5 Å². The Kier molecular flexibility index (Phi) is 6.02. The van der Waals surface area contributed by atoms with Crippen molar-refractivity contribution in [1.82, 2.24) is 14.5 Å². The van der Waals surface area contributed by atoms with Gasteiger partial charge in [0.15, 0.2) is 11.6 Å². The monoisotopic (exact) mass is 389 g/mol. The molecule has 148 valence electrons. The second-order valence-corrected chi connectivity index (χ2v) is 6.67. The molecule has 0 aliphatic rings. The number of hydrogen-bond donors (Lipinski definition) is 0. The van der Waals surface area contributed by atoms with E-state index in [0.29, 0.717) is 36.4 Å². The lowest BCUT2D eigenvalue weighted by Gasteiger charge is -2.22. The molecule has 0 saturated heterocycles. The number of carbonyl (C=O) groups is 1. The Bertz CT molecular complexity index is 1000. The highest BCUT2D eigenvalue weighted by molar-refractivity contribution is 5.94. The topological polar surface area (TPSA) is 38.1 Å². The Labute approximate surface area is 161 Å². The van der Waals surface area contributed by atoms with E-state index in [1.807, 2.05) is 18.4 Å². The molecule has 0 saturated carbocycles. The van der Waals surface area contributed by atoms with Crippen LogP contribution < -0.4 is 0 Å². The molecule has 28 heavy (non-hydrogen) atoms. The van der Waals surface area contributed by atoms with Gasteiger partial charge in [-0.1, -0.05) is 13.8 Å². The van der Waals surface area contributed by atoms with E-state index >= 15 is 0 Å². The number of halogens is 3. The molecule has 1 aromatic heterocycles. The second kappa shape index (κ2) is 8.46. The highest BCUT2D eigenvalue weighted by Gasteiger charge is 2.20. The average Bonchev–Trinajstić information content (AvgIpc) is 3.00. The molecule has 0 N–H and O–H groups in total. The van der Waals surface area contributed by atoms with E-state index in [1.54, 1.807) is 11.0 Å². The molecule has 0 radical (unpaired) electrons. The van der Waals surface area contributed by atoms with Gasteiger partial charge in [-0.2, -0.15) is 0 Å². The van der Waals surface area contributed by atoms with Crippen molar-refractivity contribution in [2.45, 2.75) is 39.8 Å². The first-order valence-corrected chi connectivity index (χ1v) is 9.33. The first-order valence-electron chi connectivity index (χ1n) is 9.33. The quantitative estimate of drug-likeness (QED) is 0.576. The number of imidazole rings is 1. The zero-order valence-corrected chi connectivity index (χ0v) is 15.9. The van der Waals surface area contributed by atoms with Gasteiger partial charge in [0.05, 0.1) is 17.6 Å². The zero-order chi connectivity index (χ0) is 20.3. The Balaban J connectivity index is 1.96. The number of nitrogens with zero attached hydrogens (tertiary/aromatic N) is 3. The number of hydrogen-bond acceptors (Lipinski definition) is 2. The van der Waals surface area contributed by atoms with Gasteiger partial charge in [-0.15, -0.1) is 0 Å². The molecule has 4 nitrogen and oxygen atoms in total. The molecule has 0 unspecified atom stereocenters. The highest BCUT2D eigenvalue weighted by Crippen LogP contribution is 2.21. The van der Waals surface area contributed by atoms with Gasteiger partial charge in [0.2, 0.25) is 0 Å². The molecule has 3 aromatic rings. The summed E-state index contributed by atoms with van der Waals surface area (Å²) in [6.07, 6.45) is 1.51. The lowest BCUT2D eigenvalue weighted by atomic mass is 10.2. The SMILES string of the molecule is CCCN(Cc1nc2ccc(F)cc2n1CCC)C(=O)c1ccc(F)c(F)c1. The van der Waals surface area contributed by atoms with Gasteiger partial charge in [0, 0.05) is 18.7 Å². The normalized spacial score (nSPS) is 11.2. The molecule has 0 aliphatic heterocycles. The van der Waals surface area contributed by atoms with Crippen molar-refractivity contribution in [3.05, 3.63) is 65.2 Å². The number of aryl methyl sites for hydroxylation is 1. The molecule has 2 aromatic carbocycles. The van der Waals surface area contributed by atoms with Crippen LogP contribution >= 0.6 is 0 Å². The van der Waals surface area contributed by atoms with Crippen LogP contribution in [0.4, 0.5) is 13.2 Å². The number of carbonyl (C=O) groups excluding carboxylic acids is 1. The Morgan fingerprint density at radius 2 is 1.82 bits per heavy atom. The fraction of sp³-hybridized carbons (Fsp3) is 0.333. The summed E-state index contributed by atoms with van der Waals surface area (Å²) in [6, 6.07) is 7.52. The van der Waals surface area contributed by atoms with E-state index in [0.717, 1.165) is 18.6 Å². The largest absolute Gasteiger partial charge is 0.331 e. The molecule has 7 heteroatoms. The fourth-order valence-electron chi connectivity index (χ4n) is 3.24. The predicted molar refractivity (Wildman–Crippen MR) is 101 cm³/mol. The molecule has 1 heterocycles. The Hall–Kier alpha value is -2.83. The molecule has 1 amide bonds. The first kappa shape index (κ1) is 19.9. The van der Waals surface area contributed by atoms with Gasteiger partial charge in [0.1, 0.15) is 11.6 Å². The summed E-state index contributed by atoms with van der Waals surface area (Å²) >= 11 is 0. The first-order chi connectivity index (χ1) is 13.4. The minimum absolute atomic E-state index is 0.0801. The number of rotatable bonds is 7. The molecular formula is C21H22F3N3O. The Morgan fingerprint density at radius 3 is 2.50 bits per heavy atom. The second-order valence-electron chi connectivity index (χ2n) is 6.67. The van der Waals surface area contributed by atoms with Gasteiger partial charge in [-0.25, -0.2) is 18.2 Å². The molecule has 3 rings (SSSR count). The molecule has 0 atom stereocenters. The third-order valence-electron chi connectivity index (χ3n) is 4.52. The minimum Gasteiger partial charge on any atom is -0.331 e. The van der Waals surface area contributed by atoms with Crippen molar-refractivity contribution >= 4 is 16.9 Å². The number of benzene rings is 2. The van der Waals surface area contributed by atoms with Crippen molar-refractivity contribution in [3.63, 3.8) is 0 Å². The summed E-state index contributed by atoms with van der Waals surface area (Å²) in [5.41, 5.74) is 1.41. The van der Waals surface area contributed by atoms with Crippen molar-refractivity contribution in [2.24, 2.45) is 0 Å². The van der Waals surface area contributed by atoms with Crippen LogP contribution in [0, 0.1) is 17.5 Å². The van der Waals surface area contributed by atoms with E-state index in [-0.39, 0.29) is 17.9 Å². The van der Waals surface area contributed by atoms with Crippen LogP contribution in [0.2, 0.25) is 0 Å². The van der Waals surface area contributed by atoms with Crippen molar-refractivity contribution in [2.75, 3.05) is 6.54 Å². The van der Waals surface area contributed by atoms with Crippen LogP contribution in [0.25, 0.3) is 11.0 Å². The summed E-state index contributed by atoms with van der Waals surface area (Å²) in [5.74, 6) is -2.17. The molecule has 0 aliphatic carbocycles. The maximum absolute atomic E-state index is 13.7. The lowest BCUT2D eigenvalue weighted by Crippen LogP contribution is -2.32. The number of aromatic nitrogens is 2. The van der Waals surface area contributed by atoms with Crippen LogP contribution in [-0.4, -0.2) is 26.9 Å². The minimum atomic E-state index is -1.06. The maximum atomic E-state index is 13.7. The van der Waals surface area contributed by atoms with Gasteiger partial charge in [-0.05, 0) is 49.2 Å². The molecule has 0 fully saturated rings. The van der Waals surface area contributed by atoms with Crippen LogP contribution in [0.15, 0.2) is 36.4 Å². The van der Waals surface area contributed by atoms with Crippen molar-refractivity contribution in [1.29, 1.82) is 0 Å². The predicted octanol–water partition coefficient (Wildman–Crippen LogP) is 4.92. The van der Waals surface area contributed by atoms with Gasteiger partial charge < -0.3 is 9.47 Å². The molecular weight excluding hydrogens is 367 g/mol. The van der Waals surface area contributed by atoms with E-state index in [2.05, 4.69) is 4.98 Å². The van der Waals surface area contributed by atoms with Gasteiger partial charge in [0.25, 0.3) is 5.91 Å². The summed E-state index contributed by atoms with van der Waals surface area (Å²) in [7, 11) is 0.